The molecule has 0 spiro atoms. The van der Waals surface area contributed by atoms with Gasteiger partial charge in [-0.25, -0.2) is 4.39 Å². The highest BCUT2D eigenvalue weighted by molar-refractivity contribution is 14.0. The monoisotopic (exact) mass is 494 g/mol. The first-order valence-corrected chi connectivity index (χ1v) is 9.17. The summed E-state index contributed by atoms with van der Waals surface area (Å²) in [6.07, 6.45) is 3.78. The van der Waals surface area contributed by atoms with Crippen LogP contribution in [0.5, 0.6) is 5.75 Å². The van der Waals surface area contributed by atoms with Crippen molar-refractivity contribution in [3.8, 4) is 5.75 Å². The standard InChI is InChI=1S/C21H23FN4O.HI/c1-23-21(26-13-17-10-14-4-2-3-5-20(14)27-17)24-9-8-15-12-25-19-11-16(22)6-7-18(15)19;/h2-7,11-12,17,25H,8-10,13H2,1H3,(H2,23,24,26);1H. The number of aromatic amines is 1. The predicted molar refractivity (Wildman–Crippen MR) is 121 cm³/mol. The second-order valence-electron chi connectivity index (χ2n) is 6.69. The maximum atomic E-state index is 13.3. The number of para-hydroxylation sites is 1. The molecule has 0 bridgehead atoms. The zero-order valence-electron chi connectivity index (χ0n) is 15.7. The van der Waals surface area contributed by atoms with Crippen LogP contribution in [-0.4, -0.2) is 37.2 Å². The number of guanidine groups is 1. The van der Waals surface area contributed by atoms with Gasteiger partial charge in [-0.15, -0.1) is 24.0 Å². The summed E-state index contributed by atoms with van der Waals surface area (Å²) in [5, 5.41) is 7.71. The molecule has 0 fully saturated rings. The smallest absolute Gasteiger partial charge is 0.191 e. The van der Waals surface area contributed by atoms with E-state index >= 15 is 0 Å². The molecule has 0 saturated carbocycles. The summed E-state index contributed by atoms with van der Waals surface area (Å²) in [6, 6.07) is 13.0. The van der Waals surface area contributed by atoms with Crippen LogP contribution in [0.25, 0.3) is 10.9 Å². The summed E-state index contributed by atoms with van der Waals surface area (Å²) in [6.45, 7) is 1.43. The van der Waals surface area contributed by atoms with Gasteiger partial charge in [0.2, 0.25) is 0 Å². The molecular formula is C21H24FIN4O. The number of benzene rings is 2. The van der Waals surface area contributed by atoms with Crippen LogP contribution >= 0.6 is 24.0 Å². The van der Waals surface area contributed by atoms with Crippen LogP contribution in [0.1, 0.15) is 11.1 Å². The molecule has 28 heavy (non-hydrogen) atoms. The minimum absolute atomic E-state index is 0. The minimum atomic E-state index is -0.227. The average Bonchev–Trinajstić information content (AvgIpc) is 3.27. The lowest BCUT2D eigenvalue weighted by Gasteiger charge is -2.15. The number of fused-ring (bicyclic) bond motifs is 2. The molecular weight excluding hydrogens is 470 g/mol. The normalized spacial score (nSPS) is 15.6. The number of aliphatic imine (C=N–C) groups is 1. The Labute approximate surface area is 180 Å². The fourth-order valence-electron chi connectivity index (χ4n) is 3.48. The van der Waals surface area contributed by atoms with Gasteiger partial charge < -0.3 is 20.4 Å². The van der Waals surface area contributed by atoms with E-state index in [1.165, 1.54) is 17.7 Å². The highest BCUT2D eigenvalue weighted by Crippen LogP contribution is 2.27. The number of hydrogen-bond acceptors (Lipinski definition) is 2. The number of nitrogens with one attached hydrogen (secondary N) is 3. The second-order valence-corrected chi connectivity index (χ2v) is 6.69. The summed E-state index contributed by atoms with van der Waals surface area (Å²) in [5.41, 5.74) is 3.23. The molecule has 1 unspecified atom stereocenters. The van der Waals surface area contributed by atoms with Gasteiger partial charge in [0, 0.05) is 37.1 Å². The fourth-order valence-corrected chi connectivity index (χ4v) is 3.48. The Morgan fingerprint density at radius 2 is 2.11 bits per heavy atom. The Hall–Kier alpha value is -2.29. The van der Waals surface area contributed by atoms with Gasteiger partial charge in [0.15, 0.2) is 5.96 Å². The Morgan fingerprint density at radius 1 is 1.25 bits per heavy atom. The van der Waals surface area contributed by atoms with Crippen molar-refractivity contribution in [1.82, 2.24) is 15.6 Å². The zero-order chi connectivity index (χ0) is 18.6. The van der Waals surface area contributed by atoms with Gasteiger partial charge in [0.05, 0.1) is 6.54 Å². The molecule has 1 aliphatic heterocycles. The first kappa shape index (κ1) is 20.4. The van der Waals surface area contributed by atoms with Gasteiger partial charge in [0.25, 0.3) is 0 Å². The van der Waals surface area contributed by atoms with Gasteiger partial charge in [-0.05, 0) is 41.8 Å². The molecule has 3 aromatic rings. The van der Waals surface area contributed by atoms with Gasteiger partial charge in [-0.2, -0.15) is 0 Å². The molecule has 0 saturated heterocycles. The molecule has 1 aliphatic rings. The van der Waals surface area contributed by atoms with E-state index in [9.17, 15) is 4.39 Å². The van der Waals surface area contributed by atoms with Crippen LogP contribution < -0.4 is 15.4 Å². The molecule has 148 valence electrons. The van der Waals surface area contributed by atoms with E-state index < -0.39 is 0 Å². The topological polar surface area (TPSA) is 61.4 Å². The SMILES string of the molecule is CN=C(NCCc1c[nH]c2cc(F)ccc12)NCC1Cc2ccccc2O1.I. The molecule has 0 radical (unpaired) electrons. The largest absolute Gasteiger partial charge is 0.488 e. The van der Waals surface area contributed by atoms with Crippen LogP contribution in [0.4, 0.5) is 4.39 Å². The minimum Gasteiger partial charge on any atom is -0.488 e. The third-order valence-electron chi connectivity index (χ3n) is 4.85. The number of nitrogens with zero attached hydrogens (tertiary/aromatic N) is 1. The predicted octanol–water partition coefficient (Wildman–Crippen LogP) is 3.64. The summed E-state index contributed by atoms with van der Waals surface area (Å²) in [5.74, 6) is 1.50. The molecule has 3 N–H and O–H groups in total. The first-order valence-electron chi connectivity index (χ1n) is 9.17. The Kier molecular flexibility index (Phi) is 6.77. The maximum Gasteiger partial charge on any atom is 0.191 e. The summed E-state index contributed by atoms with van der Waals surface area (Å²) in [4.78, 5) is 7.39. The van der Waals surface area contributed by atoms with Gasteiger partial charge in [-0.1, -0.05) is 18.2 Å². The average molecular weight is 494 g/mol. The number of hydrogen-bond donors (Lipinski definition) is 3. The number of H-pyrrole nitrogens is 1. The van der Waals surface area contributed by atoms with Gasteiger partial charge in [-0.3, -0.25) is 4.99 Å². The van der Waals surface area contributed by atoms with Gasteiger partial charge >= 0.3 is 0 Å². The Bertz CT molecular complexity index is 947. The van der Waals surface area contributed by atoms with E-state index in [0.717, 1.165) is 47.6 Å². The van der Waals surface area contributed by atoms with E-state index in [1.54, 1.807) is 7.05 Å². The molecule has 2 heterocycles. The highest BCUT2D eigenvalue weighted by Gasteiger charge is 2.22. The van der Waals surface area contributed by atoms with Crippen molar-refractivity contribution >= 4 is 40.8 Å². The van der Waals surface area contributed by atoms with Crippen molar-refractivity contribution in [3.63, 3.8) is 0 Å². The molecule has 1 atom stereocenters. The molecule has 2 aromatic carbocycles. The lowest BCUT2D eigenvalue weighted by molar-refractivity contribution is 0.235. The van der Waals surface area contributed by atoms with E-state index in [2.05, 4.69) is 26.7 Å². The van der Waals surface area contributed by atoms with E-state index in [1.807, 2.05) is 30.5 Å². The molecule has 4 rings (SSSR count). The van der Waals surface area contributed by atoms with Crippen LogP contribution in [0.15, 0.2) is 53.7 Å². The van der Waals surface area contributed by atoms with Crippen LogP contribution in [0.3, 0.4) is 0 Å². The van der Waals surface area contributed by atoms with Crippen LogP contribution in [0.2, 0.25) is 0 Å². The van der Waals surface area contributed by atoms with Crippen molar-refractivity contribution in [2.45, 2.75) is 18.9 Å². The molecule has 0 amide bonds. The summed E-state index contributed by atoms with van der Waals surface area (Å²) in [7, 11) is 1.76. The van der Waals surface area contributed by atoms with E-state index in [4.69, 9.17) is 4.74 Å². The van der Waals surface area contributed by atoms with Crippen molar-refractivity contribution in [2.75, 3.05) is 20.1 Å². The van der Waals surface area contributed by atoms with Crippen molar-refractivity contribution in [2.24, 2.45) is 4.99 Å². The third-order valence-corrected chi connectivity index (χ3v) is 4.85. The molecule has 5 nitrogen and oxygen atoms in total. The molecule has 1 aromatic heterocycles. The lowest BCUT2D eigenvalue weighted by atomic mass is 10.1. The fraction of sp³-hybridized carbons (Fsp3) is 0.286. The van der Waals surface area contributed by atoms with E-state index in [0.29, 0.717) is 6.54 Å². The second kappa shape index (κ2) is 9.27. The number of halogens is 2. The molecule has 0 aliphatic carbocycles. The Balaban J connectivity index is 0.00000225. The quantitative estimate of drug-likeness (QED) is 0.289. The molecule has 7 heteroatoms. The third kappa shape index (κ3) is 4.57. The van der Waals surface area contributed by atoms with Gasteiger partial charge in [0.1, 0.15) is 17.7 Å². The van der Waals surface area contributed by atoms with Crippen molar-refractivity contribution in [3.05, 3.63) is 65.6 Å². The zero-order valence-corrected chi connectivity index (χ0v) is 18.0. The number of rotatable bonds is 5. The maximum absolute atomic E-state index is 13.3. The number of aromatic nitrogens is 1. The van der Waals surface area contributed by atoms with Crippen molar-refractivity contribution < 1.29 is 9.13 Å². The lowest BCUT2D eigenvalue weighted by Crippen LogP contribution is -2.42. The highest BCUT2D eigenvalue weighted by atomic mass is 127. The first-order chi connectivity index (χ1) is 13.2. The van der Waals surface area contributed by atoms with Crippen LogP contribution in [-0.2, 0) is 12.8 Å². The summed E-state index contributed by atoms with van der Waals surface area (Å²) >= 11 is 0. The Morgan fingerprint density at radius 3 is 2.93 bits per heavy atom. The van der Waals surface area contributed by atoms with Crippen molar-refractivity contribution in [1.29, 1.82) is 0 Å². The van der Waals surface area contributed by atoms with Crippen LogP contribution in [0, 0.1) is 5.82 Å². The summed E-state index contributed by atoms with van der Waals surface area (Å²) < 4.78 is 19.2. The van der Waals surface area contributed by atoms with E-state index in [-0.39, 0.29) is 35.9 Å². The number of ether oxygens (including phenoxy) is 1.